The van der Waals surface area contributed by atoms with Crippen LogP contribution in [0.5, 0.6) is 5.75 Å². The molecular weight excluding hydrogens is 501 g/mol. The van der Waals surface area contributed by atoms with E-state index in [1.807, 2.05) is 12.1 Å². The fourth-order valence-corrected chi connectivity index (χ4v) is 3.47. The largest absolute Gasteiger partial charge is 0.496 e. The molecule has 3 aromatic rings. The van der Waals surface area contributed by atoms with E-state index >= 15 is 0 Å². The summed E-state index contributed by atoms with van der Waals surface area (Å²) in [6, 6.07) is 16.6. The molecule has 0 saturated heterocycles. The number of ether oxygens (including phenoxy) is 1. The molecule has 3 rings (SSSR count). The number of hydrogen-bond donors (Lipinski definition) is 2. The van der Waals surface area contributed by atoms with E-state index in [0.717, 1.165) is 29.5 Å². The standard InChI is InChI=1S/C24H31N5O.HI/c1-17-11-12-21(23(13-17)30-5)14-26-24(25-4)27-15-22-18(2)28-29(19(22)3)16-20-9-7-6-8-10-20;/h6-13H,14-16H2,1-5H3,(H2,25,26,27);1H. The molecule has 1 heterocycles. The zero-order valence-electron chi connectivity index (χ0n) is 18.9. The summed E-state index contributed by atoms with van der Waals surface area (Å²) in [7, 11) is 3.48. The first-order chi connectivity index (χ1) is 14.5. The summed E-state index contributed by atoms with van der Waals surface area (Å²) >= 11 is 0. The van der Waals surface area contributed by atoms with Crippen LogP contribution in [-0.2, 0) is 19.6 Å². The third-order valence-corrected chi connectivity index (χ3v) is 5.25. The number of aliphatic imine (C=N–C) groups is 1. The summed E-state index contributed by atoms with van der Waals surface area (Å²) < 4.78 is 7.56. The van der Waals surface area contributed by atoms with E-state index in [-0.39, 0.29) is 24.0 Å². The van der Waals surface area contributed by atoms with Crippen LogP contribution in [0.15, 0.2) is 53.5 Å². The fraction of sp³-hybridized carbons (Fsp3) is 0.333. The van der Waals surface area contributed by atoms with Crippen molar-refractivity contribution in [2.75, 3.05) is 14.2 Å². The minimum atomic E-state index is 0. The average Bonchev–Trinajstić information content (AvgIpc) is 3.02. The van der Waals surface area contributed by atoms with E-state index in [1.165, 1.54) is 22.4 Å². The zero-order chi connectivity index (χ0) is 21.5. The first-order valence-corrected chi connectivity index (χ1v) is 10.2. The van der Waals surface area contributed by atoms with Crippen LogP contribution in [0.2, 0.25) is 0 Å². The third kappa shape index (κ3) is 6.46. The van der Waals surface area contributed by atoms with Gasteiger partial charge in [0.05, 0.1) is 19.3 Å². The molecule has 0 bridgehead atoms. The number of aryl methyl sites for hydroxylation is 2. The van der Waals surface area contributed by atoms with Gasteiger partial charge >= 0.3 is 0 Å². The lowest BCUT2D eigenvalue weighted by molar-refractivity contribution is 0.408. The van der Waals surface area contributed by atoms with Gasteiger partial charge < -0.3 is 15.4 Å². The van der Waals surface area contributed by atoms with Gasteiger partial charge in [0.25, 0.3) is 0 Å². The number of guanidine groups is 1. The van der Waals surface area contributed by atoms with Crippen molar-refractivity contribution >= 4 is 29.9 Å². The Labute approximate surface area is 202 Å². The highest BCUT2D eigenvalue weighted by molar-refractivity contribution is 14.0. The predicted molar refractivity (Wildman–Crippen MR) is 137 cm³/mol. The van der Waals surface area contributed by atoms with Crippen molar-refractivity contribution in [2.24, 2.45) is 4.99 Å². The van der Waals surface area contributed by atoms with Crippen LogP contribution >= 0.6 is 24.0 Å². The molecule has 0 aliphatic rings. The van der Waals surface area contributed by atoms with Crippen molar-refractivity contribution in [3.8, 4) is 5.75 Å². The van der Waals surface area contributed by atoms with E-state index < -0.39 is 0 Å². The highest BCUT2D eigenvalue weighted by Crippen LogP contribution is 2.19. The zero-order valence-corrected chi connectivity index (χ0v) is 21.2. The van der Waals surface area contributed by atoms with Crippen LogP contribution in [0, 0.1) is 20.8 Å². The molecular formula is C24H32IN5O. The Morgan fingerprint density at radius 2 is 1.74 bits per heavy atom. The summed E-state index contributed by atoms with van der Waals surface area (Å²) in [4.78, 5) is 4.35. The molecule has 0 fully saturated rings. The van der Waals surface area contributed by atoms with Crippen LogP contribution in [0.4, 0.5) is 0 Å². The Kier molecular flexibility index (Phi) is 9.36. The summed E-state index contributed by atoms with van der Waals surface area (Å²) in [5.41, 5.74) is 6.91. The number of halogens is 1. The lowest BCUT2D eigenvalue weighted by Gasteiger charge is -2.14. The van der Waals surface area contributed by atoms with Gasteiger partial charge in [0.15, 0.2) is 5.96 Å². The molecule has 2 N–H and O–H groups in total. The van der Waals surface area contributed by atoms with Crippen molar-refractivity contribution in [3.05, 3.63) is 82.2 Å². The SMILES string of the molecule is CN=C(NCc1ccc(C)cc1OC)NCc1c(C)nn(Cc2ccccc2)c1C.I. The number of nitrogens with zero attached hydrogens (tertiary/aromatic N) is 3. The molecule has 2 aromatic carbocycles. The van der Waals surface area contributed by atoms with Crippen LogP contribution in [-0.4, -0.2) is 29.9 Å². The predicted octanol–water partition coefficient (Wildman–Crippen LogP) is 4.35. The molecule has 0 radical (unpaired) electrons. The maximum absolute atomic E-state index is 5.49. The average molecular weight is 533 g/mol. The van der Waals surface area contributed by atoms with Gasteiger partial charge in [0, 0.05) is 37.0 Å². The summed E-state index contributed by atoms with van der Waals surface area (Å²) in [5.74, 6) is 1.62. The fourth-order valence-electron chi connectivity index (χ4n) is 3.47. The molecule has 31 heavy (non-hydrogen) atoms. The van der Waals surface area contributed by atoms with Crippen molar-refractivity contribution in [2.45, 2.75) is 40.4 Å². The summed E-state index contributed by atoms with van der Waals surface area (Å²) in [6.07, 6.45) is 0. The molecule has 0 aliphatic carbocycles. The first-order valence-electron chi connectivity index (χ1n) is 10.2. The number of hydrogen-bond acceptors (Lipinski definition) is 3. The van der Waals surface area contributed by atoms with Gasteiger partial charge in [-0.1, -0.05) is 42.5 Å². The molecule has 0 spiro atoms. The molecule has 0 saturated carbocycles. The number of methoxy groups -OCH3 is 1. The Balaban J connectivity index is 0.00000341. The lowest BCUT2D eigenvalue weighted by Crippen LogP contribution is -2.36. The minimum Gasteiger partial charge on any atom is -0.496 e. The maximum atomic E-state index is 5.49. The molecule has 0 atom stereocenters. The smallest absolute Gasteiger partial charge is 0.191 e. The van der Waals surface area contributed by atoms with Crippen LogP contribution in [0.25, 0.3) is 0 Å². The molecule has 0 amide bonds. The van der Waals surface area contributed by atoms with Crippen LogP contribution in [0.3, 0.4) is 0 Å². The summed E-state index contributed by atoms with van der Waals surface area (Å²) in [6.45, 7) is 8.30. The molecule has 0 aliphatic heterocycles. The summed E-state index contributed by atoms with van der Waals surface area (Å²) in [5, 5.41) is 11.5. The Bertz CT molecular complexity index is 1010. The highest BCUT2D eigenvalue weighted by Gasteiger charge is 2.12. The molecule has 0 unspecified atom stereocenters. The van der Waals surface area contributed by atoms with E-state index in [9.17, 15) is 0 Å². The normalized spacial score (nSPS) is 11.1. The second kappa shape index (κ2) is 11.7. The third-order valence-electron chi connectivity index (χ3n) is 5.25. The number of benzene rings is 2. The lowest BCUT2D eigenvalue weighted by atomic mass is 10.1. The molecule has 6 nitrogen and oxygen atoms in total. The first kappa shape index (κ1) is 24.7. The quantitative estimate of drug-likeness (QED) is 0.270. The van der Waals surface area contributed by atoms with Crippen molar-refractivity contribution in [1.82, 2.24) is 20.4 Å². The van der Waals surface area contributed by atoms with E-state index in [0.29, 0.717) is 13.1 Å². The molecule has 7 heteroatoms. The van der Waals surface area contributed by atoms with Gasteiger partial charge in [-0.05, 0) is 38.0 Å². The van der Waals surface area contributed by atoms with Gasteiger partial charge in [-0.25, -0.2) is 0 Å². The van der Waals surface area contributed by atoms with Crippen molar-refractivity contribution in [1.29, 1.82) is 0 Å². The van der Waals surface area contributed by atoms with Crippen LogP contribution < -0.4 is 15.4 Å². The second-order valence-electron chi connectivity index (χ2n) is 7.39. The monoisotopic (exact) mass is 533 g/mol. The van der Waals surface area contributed by atoms with Gasteiger partial charge in [0.2, 0.25) is 0 Å². The topological polar surface area (TPSA) is 63.5 Å². The highest BCUT2D eigenvalue weighted by atomic mass is 127. The van der Waals surface area contributed by atoms with Gasteiger partial charge in [-0.15, -0.1) is 24.0 Å². The van der Waals surface area contributed by atoms with Gasteiger partial charge in [0.1, 0.15) is 5.75 Å². The van der Waals surface area contributed by atoms with Gasteiger partial charge in [-0.3, -0.25) is 9.67 Å². The Hall–Kier alpha value is -2.55. The van der Waals surface area contributed by atoms with Crippen molar-refractivity contribution < 1.29 is 4.74 Å². The van der Waals surface area contributed by atoms with Gasteiger partial charge in [-0.2, -0.15) is 5.10 Å². The molecule has 1 aromatic heterocycles. The van der Waals surface area contributed by atoms with Crippen molar-refractivity contribution in [3.63, 3.8) is 0 Å². The Morgan fingerprint density at radius 3 is 2.42 bits per heavy atom. The number of aromatic nitrogens is 2. The van der Waals surface area contributed by atoms with E-state index in [4.69, 9.17) is 9.84 Å². The van der Waals surface area contributed by atoms with Crippen LogP contribution in [0.1, 0.15) is 33.6 Å². The van der Waals surface area contributed by atoms with E-state index in [2.05, 4.69) is 77.5 Å². The Morgan fingerprint density at radius 1 is 1.03 bits per heavy atom. The second-order valence-corrected chi connectivity index (χ2v) is 7.39. The van der Waals surface area contributed by atoms with E-state index in [1.54, 1.807) is 14.2 Å². The molecule has 166 valence electrons. The maximum Gasteiger partial charge on any atom is 0.191 e. The minimum absolute atomic E-state index is 0. The number of rotatable bonds is 7. The number of nitrogens with one attached hydrogen (secondary N) is 2.